The summed E-state index contributed by atoms with van der Waals surface area (Å²) in [6.45, 7) is 0.246. The van der Waals surface area contributed by atoms with Crippen molar-refractivity contribution in [3.63, 3.8) is 0 Å². The summed E-state index contributed by atoms with van der Waals surface area (Å²) in [6, 6.07) is 16.7. The second kappa shape index (κ2) is 8.26. The topological polar surface area (TPSA) is 105 Å². The third kappa shape index (κ3) is 4.41. The summed E-state index contributed by atoms with van der Waals surface area (Å²) in [6.07, 6.45) is 4.43. The van der Waals surface area contributed by atoms with Crippen LogP contribution in [0.15, 0.2) is 71.7 Å². The van der Waals surface area contributed by atoms with Gasteiger partial charge in [0.2, 0.25) is 0 Å². The van der Waals surface area contributed by atoms with Crippen molar-refractivity contribution in [1.29, 1.82) is 0 Å². The van der Waals surface area contributed by atoms with E-state index >= 15 is 0 Å². The van der Waals surface area contributed by atoms with Gasteiger partial charge in [-0.3, -0.25) is 4.79 Å². The van der Waals surface area contributed by atoms with Crippen LogP contribution < -0.4 is 5.56 Å². The molecular formula is C20H16N6O3. The lowest BCUT2D eigenvalue weighted by molar-refractivity contribution is -0.141. The summed E-state index contributed by atoms with van der Waals surface area (Å²) >= 11 is 0. The van der Waals surface area contributed by atoms with Crippen molar-refractivity contribution in [2.24, 2.45) is 0 Å². The molecule has 0 unspecified atom stereocenters. The molecule has 0 fully saturated rings. The molecule has 0 atom stereocenters. The molecule has 0 saturated heterocycles. The highest BCUT2D eigenvalue weighted by atomic mass is 16.5. The molecule has 0 aliphatic rings. The van der Waals surface area contributed by atoms with Gasteiger partial charge >= 0.3 is 5.97 Å². The fourth-order valence-corrected chi connectivity index (χ4v) is 2.67. The lowest BCUT2D eigenvalue weighted by Gasteiger charge is -2.04. The Kier molecular flexibility index (Phi) is 5.19. The van der Waals surface area contributed by atoms with Crippen molar-refractivity contribution < 1.29 is 9.53 Å². The molecule has 2 aromatic heterocycles. The third-order valence-corrected chi connectivity index (χ3v) is 4.09. The average Bonchev–Trinajstić information content (AvgIpc) is 3.20. The lowest BCUT2D eigenvalue weighted by atomic mass is 10.2. The van der Waals surface area contributed by atoms with E-state index in [1.807, 2.05) is 30.3 Å². The number of aromatic nitrogens is 6. The minimum atomic E-state index is -0.635. The Bertz CT molecular complexity index is 1230. The van der Waals surface area contributed by atoms with Gasteiger partial charge < -0.3 is 4.74 Å². The van der Waals surface area contributed by atoms with Crippen molar-refractivity contribution in [2.45, 2.75) is 13.3 Å². The number of ether oxygens (including phenoxy) is 1. The van der Waals surface area contributed by atoms with E-state index in [2.05, 4.69) is 20.6 Å². The molecule has 0 saturated carbocycles. The second-order valence-electron chi connectivity index (χ2n) is 6.16. The number of carbonyl (C=O) groups excluding carboxylic acids is 1. The van der Waals surface area contributed by atoms with Gasteiger partial charge in [-0.25, -0.2) is 9.48 Å². The van der Waals surface area contributed by atoms with Crippen LogP contribution in [0.3, 0.4) is 0 Å². The van der Waals surface area contributed by atoms with Gasteiger partial charge in [-0.2, -0.15) is 4.68 Å². The number of esters is 1. The van der Waals surface area contributed by atoms with E-state index in [9.17, 15) is 9.59 Å². The zero-order valence-electron chi connectivity index (χ0n) is 15.3. The van der Waals surface area contributed by atoms with E-state index in [0.29, 0.717) is 23.1 Å². The van der Waals surface area contributed by atoms with Crippen LogP contribution in [0.25, 0.3) is 17.0 Å². The summed E-state index contributed by atoms with van der Waals surface area (Å²) in [5.41, 5.74) is 1.71. The van der Waals surface area contributed by atoms with Gasteiger partial charge in [0.25, 0.3) is 5.56 Å². The number of carbonyl (C=O) groups is 1. The Balaban J connectivity index is 1.36. The molecule has 4 aromatic rings. The maximum absolute atomic E-state index is 12.3. The minimum absolute atomic E-state index is 0.333. The molecule has 0 N–H and O–H groups in total. The number of hydrogen-bond donors (Lipinski definition) is 0. The van der Waals surface area contributed by atoms with E-state index in [-0.39, 0.29) is 12.3 Å². The first-order chi connectivity index (χ1) is 14.2. The van der Waals surface area contributed by atoms with E-state index in [0.717, 1.165) is 10.2 Å². The average molecular weight is 388 g/mol. The van der Waals surface area contributed by atoms with Gasteiger partial charge in [-0.15, -0.1) is 10.2 Å². The summed E-state index contributed by atoms with van der Waals surface area (Å²) in [5, 5.41) is 16.1. The number of fused-ring (bicyclic) bond motifs is 1. The van der Waals surface area contributed by atoms with Crippen molar-refractivity contribution >= 4 is 22.9 Å². The summed E-state index contributed by atoms with van der Waals surface area (Å²) in [4.78, 5) is 24.2. The molecule has 9 heteroatoms. The Morgan fingerprint density at radius 1 is 1.00 bits per heavy atom. The normalized spacial score (nSPS) is 11.2. The van der Waals surface area contributed by atoms with Crippen LogP contribution in [0.4, 0.5) is 0 Å². The zero-order valence-corrected chi connectivity index (χ0v) is 15.3. The Labute approximate surface area is 164 Å². The molecule has 0 bridgehead atoms. The molecule has 4 rings (SSSR count). The van der Waals surface area contributed by atoms with Gasteiger partial charge in [-0.1, -0.05) is 52.9 Å². The molecule has 0 amide bonds. The van der Waals surface area contributed by atoms with Gasteiger partial charge in [-0.05, 0) is 23.8 Å². The Morgan fingerprint density at radius 2 is 1.79 bits per heavy atom. The fraction of sp³-hybridized carbons (Fsp3) is 0.100. The van der Waals surface area contributed by atoms with Gasteiger partial charge in [0.05, 0.1) is 18.1 Å². The van der Waals surface area contributed by atoms with E-state index < -0.39 is 5.97 Å². The van der Waals surface area contributed by atoms with Crippen LogP contribution in [0, 0.1) is 0 Å². The summed E-state index contributed by atoms with van der Waals surface area (Å²) in [7, 11) is 0. The van der Waals surface area contributed by atoms with Crippen LogP contribution in [-0.4, -0.2) is 36.0 Å². The van der Waals surface area contributed by atoms with Gasteiger partial charge in [0.15, 0.2) is 6.73 Å². The second-order valence-corrected chi connectivity index (χ2v) is 6.16. The summed E-state index contributed by atoms with van der Waals surface area (Å²) < 4.78 is 7.72. The van der Waals surface area contributed by atoms with Crippen LogP contribution >= 0.6 is 0 Å². The molecule has 9 nitrogen and oxygen atoms in total. The molecule has 144 valence electrons. The van der Waals surface area contributed by atoms with Crippen LogP contribution in [0.1, 0.15) is 11.3 Å². The predicted molar refractivity (Wildman–Crippen MR) is 104 cm³/mol. The fourth-order valence-electron chi connectivity index (χ4n) is 2.67. The maximum atomic E-state index is 12.3. The molecule has 0 spiro atoms. The molecule has 0 aliphatic heterocycles. The largest absolute Gasteiger partial charge is 0.439 e. The molecule has 29 heavy (non-hydrogen) atoms. The number of rotatable bonds is 6. The predicted octanol–water partition coefficient (Wildman–Crippen LogP) is 1.65. The van der Waals surface area contributed by atoms with Gasteiger partial charge in [0, 0.05) is 6.08 Å². The van der Waals surface area contributed by atoms with Crippen molar-refractivity contribution in [1.82, 2.24) is 30.0 Å². The Hall–Kier alpha value is -4.14. The third-order valence-electron chi connectivity index (χ3n) is 4.09. The van der Waals surface area contributed by atoms with Crippen molar-refractivity contribution in [3.05, 3.63) is 88.5 Å². The molecule has 2 aromatic carbocycles. The first-order valence-electron chi connectivity index (χ1n) is 8.80. The zero-order chi connectivity index (χ0) is 20.1. The maximum Gasteiger partial charge on any atom is 0.332 e. The Morgan fingerprint density at radius 3 is 2.66 bits per heavy atom. The standard InChI is InChI=1S/C20H16N6O3/c27-19(29-14-26-20(28)17-8-4-5-9-18(17)22-24-26)11-10-16-13-25(23-21-16)12-15-6-2-1-3-7-15/h1-11,13H,12,14H2/b11-10+. The monoisotopic (exact) mass is 388 g/mol. The SMILES string of the molecule is O=C(/C=C/c1cn(Cc2ccccc2)nn1)OCn1nnc2ccccc2c1=O. The lowest BCUT2D eigenvalue weighted by Crippen LogP contribution is -2.26. The molecular weight excluding hydrogens is 372 g/mol. The van der Waals surface area contributed by atoms with Crippen molar-refractivity contribution in [2.75, 3.05) is 0 Å². The number of hydrogen-bond acceptors (Lipinski definition) is 7. The van der Waals surface area contributed by atoms with E-state index in [4.69, 9.17) is 4.74 Å². The van der Waals surface area contributed by atoms with Gasteiger partial charge in [0.1, 0.15) is 11.2 Å². The first kappa shape index (κ1) is 18.2. The van der Waals surface area contributed by atoms with Crippen molar-refractivity contribution in [3.8, 4) is 0 Å². The molecule has 2 heterocycles. The number of benzene rings is 2. The summed E-state index contributed by atoms with van der Waals surface area (Å²) in [5.74, 6) is -0.635. The highest BCUT2D eigenvalue weighted by Crippen LogP contribution is 2.05. The highest BCUT2D eigenvalue weighted by Gasteiger charge is 2.07. The minimum Gasteiger partial charge on any atom is -0.439 e. The number of nitrogens with zero attached hydrogens (tertiary/aromatic N) is 6. The van der Waals surface area contributed by atoms with Crippen LogP contribution in [-0.2, 0) is 22.8 Å². The quantitative estimate of drug-likeness (QED) is 0.365. The van der Waals surface area contributed by atoms with Crippen LogP contribution in [0.2, 0.25) is 0 Å². The van der Waals surface area contributed by atoms with E-state index in [1.165, 1.54) is 12.2 Å². The first-order valence-corrected chi connectivity index (χ1v) is 8.80. The van der Waals surface area contributed by atoms with Crippen LogP contribution in [0.5, 0.6) is 0 Å². The van der Waals surface area contributed by atoms with E-state index in [1.54, 1.807) is 35.1 Å². The molecule has 0 aliphatic carbocycles. The smallest absolute Gasteiger partial charge is 0.332 e. The highest BCUT2D eigenvalue weighted by molar-refractivity contribution is 5.86. The molecule has 0 radical (unpaired) electrons.